The zero-order valence-corrected chi connectivity index (χ0v) is 14.3. The minimum absolute atomic E-state index is 0.0541. The topological polar surface area (TPSA) is 58.5 Å². The van der Waals surface area contributed by atoms with Crippen LogP contribution in [0.3, 0.4) is 0 Å². The Bertz CT molecular complexity index is 808. The van der Waals surface area contributed by atoms with Crippen LogP contribution in [0, 0.1) is 11.8 Å². The number of thiophene rings is 1. The fourth-order valence-corrected chi connectivity index (χ4v) is 3.34. The van der Waals surface area contributed by atoms with Gasteiger partial charge >= 0.3 is 0 Å². The molecule has 0 radical (unpaired) electrons. The van der Waals surface area contributed by atoms with E-state index in [2.05, 4.69) is 24.2 Å². The minimum atomic E-state index is -0.319. The molecule has 2 aliphatic rings. The molecule has 0 aromatic carbocycles. The van der Waals surface area contributed by atoms with Crippen molar-refractivity contribution in [2.75, 3.05) is 0 Å². The summed E-state index contributed by atoms with van der Waals surface area (Å²) in [5, 5.41) is 4.80. The molecule has 1 atom stereocenters. The smallest absolute Gasteiger partial charge is 0.270 e. The van der Waals surface area contributed by atoms with Crippen LogP contribution in [0.1, 0.15) is 18.7 Å². The summed E-state index contributed by atoms with van der Waals surface area (Å²) < 4.78 is 0. The molecule has 1 aliphatic carbocycles. The number of hydrogen-bond acceptors (Lipinski definition) is 3. The zero-order valence-electron chi connectivity index (χ0n) is 13.5. The average Bonchev–Trinajstić information content (AvgIpc) is 3.05. The molecular weight excluding hydrogens is 320 g/mol. The highest BCUT2D eigenvalue weighted by Crippen LogP contribution is 2.31. The number of nitrogens with one attached hydrogen (secondary N) is 1. The molecule has 0 spiro atoms. The van der Waals surface area contributed by atoms with E-state index in [1.54, 1.807) is 29.6 Å². The fraction of sp³-hybridized carbons (Fsp3) is 0.211. The molecule has 1 unspecified atom stereocenters. The maximum absolute atomic E-state index is 12.0. The van der Waals surface area contributed by atoms with E-state index >= 15 is 0 Å². The second-order valence-corrected chi connectivity index (χ2v) is 6.93. The van der Waals surface area contributed by atoms with Gasteiger partial charge in [0, 0.05) is 28.6 Å². The summed E-state index contributed by atoms with van der Waals surface area (Å²) in [6.07, 6.45) is 10.5. The average molecular weight is 338 g/mol. The largest absolute Gasteiger partial charge is 0.325 e. The first-order valence-corrected chi connectivity index (χ1v) is 8.67. The molecule has 1 aromatic rings. The molecule has 122 valence electrons. The van der Waals surface area contributed by atoms with Crippen LogP contribution in [0.2, 0.25) is 0 Å². The lowest BCUT2D eigenvalue weighted by Crippen LogP contribution is -2.34. The van der Waals surface area contributed by atoms with Crippen LogP contribution in [0.15, 0.2) is 64.2 Å². The number of carbonyl (C=O) groups excluding carboxylic acids is 2. The van der Waals surface area contributed by atoms with Crippen molar-refractivity contribution in [3.05, 3.63) is 64.0 Å². The van der Waals surface area contributed by atoms with Crippen LogP contribution < -0.4 is 5.32 Å². The van der Waals surface area contributed by atoms with Gasteiger partial charge in [-0.2, -0.15) is 0 Å². The highest BCUT2D eigenvalue weighted by atomic mass is 32.1. The van der Waals surface area contributed by atoms with Gasteiger partial charge in [-0.05, 0) is 41.2 Å². The SMILES string of the molecule is CC(C)C1=CC(=O)NC2=CC(=NC(=O)/C=C\c3cccs3)C=CC21. The Labute approximate surface area is 145 Å². The molecule has 24 heavy (non-hydrogen) atoms. The van der Waals surface area contributed by atoms with E-state index in [1.165, 1.54) is 6.08 Å². The van der Waals surface area contributed by atoms with Crippen molar-refractivity contribution >= 4 is 34.9 Å². The summed E-state index contributed by atoms with van der Waals surface area (Å²) in [7, 11) is 0. The predicted octanol–water partition coefficient (Wildman–Crippen LogP) is 3.51. The van der Waals surface area contributed by atoms with Crippen molar-refractivity contribution in [1.29, 1.82) is 0 Å². The van der Waals surface area contributed by atoms with Crippen molar-refractivity contribution in [1.82, 2.24) is 5.32 Å². The second-order valence-electron chi connectivity index (χ2n) is 5.95. The van der Waals surface area contributed by atoms with Gasteiger partial charge in [-0.3, -0.25) is 9.59 Å². The normalized spacial score (nSPS) is 21.7. The van der Waals surface area contributed by atoms with E-state index in [0.717, 1.165) is 16.1 Å². The van der Waals surface area contributed by atoms with Gasteiger partial charge in [-0.1, -0.05) is 26.0 Å². The standard InChI is InChI=1S/C19H18N2O2S/c1-12(2)16-11-19(23)21-17-10-13(5-7-15(16)17)20-18(22)8-6-14-4-3-9-24-14/h3-12,15H,1-2H3,(H,21,23)/b8-6-,20-13?. The molecule has 0 saturated carbocycles. The number of fused-ring (bicyclic) bond motifs is 1. The quantitative estimate of drug-likeness (QED) is 0.858. The van der Waals surface area contributed by atoms with E-state index < -0.39 is 0 Å². The third-order valence-electron chi connectivity index (χ3n) is 3.86. The van der Waals surface area contributed by atoms with Crippen molar-refractivity contribution in [2.45, 2.75) is 13.8 Å². The molecular formula is C19H18N2O2S. The van der Waals surface area contributed by atoms with E-state index in [9.17, 15) is 9.59 Å². The summed E-state index contributed by atoms with van der Waals surface area (Å²) in [5.74, 6) is -0.110. The van der Waals surface area contributed by atoms with Gasteiger partial charge in [0.25, 0.3) is 5.91 Å². The van der Waals surface area contributed by atoms with Crippen molar-refractivity contribution in [2.24, 2.45) is 16.8 Å². The lowest BCUT2D eigenvalue weighted by Gasteiger charge is -2.29. The van der Waals surface area contributed by atoms with Crippen LogP contribution >= 0.6 is 11.3 Å². The van der Waals surface area contributed by atoms with Crippen LogP contribution in [0.4, 0.5) is 0 Å². The van der Waals surface area contributed by atoms with Crippen LogP contribution in [0.25, 0.3) is 6.08 Å². The molecule has 2 amide bonds. The number of rotatable bonds is 3. The lowest BCUT2D eigenvalue weighted by molar-refractivity contribution is -0.116. The number of carbonyl (C=O) groups is 2. The maximum Gasteiger partial charge on any atom is 0.270 e. The van der Waals surface area contributed by atoms with Gasteiger partial charge in [0.2, 0.25) is 5.91 Å². The van der Waals surface area contributed by atoms with Crippen molar-refractivity contribution < 1.29 is 9.59 Å². The highest BCUT2D eigenvalue weighted by Gasteiger charge is 2.27. The third kappa shape index (κ3) is 3.68. The van der Waals surface area contributed by atoms with E-state index in [0.29, 0.717) is 5.71 Å². The molecule has 0 fully saturated rings. The van der Waals surface area contributed by atoms with Gasteiger partial charge in [0.15, 0.2) is 0 Å². The lowest BCUT2D eigenvalue weighted by atomic mass is 9.82. The van der Waals surface area contributed by atoms with Gasteiger partial charge in [0.1, 0.15) is 0 Å². The Morgan fingerprint density at radius 3 is 2.92 bits per heavy atom. The van der Waals surface area contributed by atoms with Crippen molar-refractivity contribution in [3.63, 3.8) is 0 Å². The molecule has 2 heterocycles. The van der Waals surface area contributed by atoms with Crippen LogP contribution in [-0.2, 0) is 9.59 Å². The van der Waals surface area contributed by atoms with Crippen LogP contribution in [0.5, 0.6) is 0 Å². The number of aliphatic imine (C=N–C) groups is 1. The second kappa shape index (κ2) is 6.93. The first kappa shape index (κ1) is 16.3. The number of amides is 2. The third-order valence-corrected chi connectivity index (χ3v) is 4.70. The van der Waals surface area contributed by atoms with Crippen LogP contribution in [-0.4, -0.2) is 17.5 Å². The summed E-state index contributed by atoms with van der Waals surface area (Å²) in [5.41, 5.74) is 2.40. The summed E-state index contributed by atoms with van der Waals surface area (Å²) in [6, 6.07) is 3.87. The minimum Gasteiger partial charge on any atom is -0.325 e. The molecule has 1 aromatic heterocycles. The predicted molar refractivity (Wildman–Crippen MR) is 97.6 cm³/mol. The summed E-state index contributed by atoms with van der Waals surface area (Å²) in [4.78, 5) is 28.9. The molecule has 0 bridgehead atoms. The number of nitrogens with zero attached hydrogens (tertiary/aromatic N) is 1. The number of hydrogen-bond donors (Lipinski definition) is 1. The van der Waals surface area contributed by atoms with Gasteiger partial charge in [-0.25, -0.2) is 4.99 Å². The Morgan fingerprint density at radius 2 is 2.21 bits per heavy atom. The maximum atomic E-state index is 12.0. The highest BCUT2D eigenvalue weighted by molar-refractivity contribution is 7.10. The molecule has 1 aliphatic heterocycles. The zero-order chi connectivity index (χ0) is 17.1. The van der Waals surface area contributed by atoms with Crippen molar-refractivity contribution in [3.8, 4) is 0 Å². The van der Waals surface area contributed by atoms with Gasteiger partial charge in [-0.15, -0.1) is 11.3 Å². The molecule has 0 saturated heterocycles. The summed E-state index contributed by atoms with van der Waals surface area (Å²) >= 11 is 1.56. The number of allylic oxidation sites excluding steroid dienone is 3. The molecule has 1 N–H and O–H groups in total. The van der Waals surface area contributed by atoms with Gasteiger partial charge in [0.05, 0.1) is 5.71 Å². The van der Waals surface area contributed by atoms with E-state index in [1.807, 2.05) is 29.7 Å². The molecule has 4 nitrogen and oxygen atoms in total. The molecule has 3 rings (SSSR count). The first-order chi connectivity index (χ1) is 11.5. The monoisotopic (exact) mass is 338 g/mol. The van der Waals surface area contributed by atoms with Gasteiger partial charge < -0.3 is 5.32 Å². The first-order valence-electron chi connectivity index (χ1n) is 7.79. The summed E-state index contributed by atoms with van der Waals surface area (Å²) in [6.45, 7) is 4.14. The molecule has 5 heteroatoms. The Hall–Kier alpha value is -2.53. The Kier molecular flexibility index (Phi) is 4.71. The van der Waals surface area contributed by atoms with E-state index in [4.69, 9.17) is 0 Å². The Morgan fingerprint density at radius 1 is 1.38 bits per heavy atom. The fourth-order valence-electron chi connectivity index (χ4n) is 2.72. The van der Waals surface area contributed by atoms with E-state index in [-0.39, 0.29) is 23.7 Å². The Balaban J connectivity index is 1.78.